The first-order chi connectivity index (χ1) is 10.1. The molecule has 1 amide bonds. The van der Waals surface area contributed by atoms with Crippen LogP contribution in [0.2, 0.25) is 0 Å². The molecule has 0 radical (unpaired) electrons. The molecule has 1 fully saturated rings. The Labute approximate surface area is 128 Å². The lowest BCUT2D eigenvalue weighted by atomic mass is 10.2. The lowest BCUT2D eigenvalue weighted by Crippen LogP contribution is -2.48. The van der Waals surface area contributed by atoms with E-state index >= 15 is 0 Å². The van der Waals surface area contributed by atoms with Crippen molar-refractivity contribution in [3.05, 3.63) is 46.2 Å². The van der Waals surface area contributed by atoms with Gasteiger partial charge in [-0.05, 0) is 37.3 Å². The second-order valence-corrected chi connectivity index (χ2v) is 6.36. The van der Waals surface area contributed by atoms with Crippen molar-refractivity contribution in [3.63, 3.8) is 0 Å². The summed E-state index contributed by atoms with van der Waals surface area (Å²) in [6.45, 7) is 5.12. The van der Waals surface area contributed by atoms with E-state index in [1.807, 2.05) is 35.4 Å². The maximum Gasteiger partial charge on any atom is 0.254 e. The molecular weight excluding hydrogens is 284 g/mol. The Morgan fingerprint density at radius 3 is 2.38 bits per heavy atom. The van der Waals surface area contributed by atoms with Crippen LogP contribution in [0.4, 0.5) is 5.69 Å². The van der Waals surface area contributed by atoms with Crippen LogP contribution < -0.4 is 4.90 Å². The van der Waals surface area contributed by atoms with Crippen molar-refractivity contribution in [2.45, 2.75) is 6.92 Å². The van der Waals surface area contributed by atoms with Gasteiger partial charge in [-0.25, -0.2) is 0 Å². The summed E-state index contributed by atoms with van der Waals surface area (Å²) in [5, 5.41) is 11.3. The Morgan fingerprint density at radius 2 is 1.81 bits per heavy atom. The maximum atomic E-state index is 12.4. The van der Waals surface area contributed by atoms with E-state index < -0.39 is 0 Å². The van der Waals surface area contributed by atoms with Gasteiger partial charge in [0.15, 0.2) is 0 Å². The first-order valence-corrected chi connectivity index (χ1v) is 7.90. The Morgan fingerprint density at radius 1 is 1.14 bits per heavy atom. The van der Waals surface area contributed by atoms with Crippen LogP contribution >= 0.6 is 11.3 Å². The first-order valence-electron chi connectivity index (χ1n) is 7.02. The number of thiophene rings is 1. The van der Waals surface area contributed by atoms with Crippen LogP contribution in [0.25, 0.3) is 0 Å². The molecule has 4 nitrogen and oxygen atoms in total. The van der Waals surface area contributed by atoms with Crippen LogP contribution in [0.1, 0.15) is 15.2 Å². The zero-order chi connectivity index (χ0) is 14.8. The molecule has 21 heavy (non-hydrogen) atoms. The number of aromatic hydroxyl groups is 1. The van der Waals surface area contributed by atoms with Crippen molar-refractivity contribution in [2.24, 2.45) is 0 Å². The number of carbonyl (C=O) groups excluding carboxylic acids is 1. The summed E-state index contributed by atoms with van der Waals surface area (Å²) in [6.07, 6.45) is 0. The molecule has 0 atom stereocenters. The number of phenolic OH excluding ortho intramolecular Hbond substituents is 1. The number of nitrogens with zero attached hydrogens (tertiary/aromatic N) is 2. The van der Waals surface area contributed by atoms with Gasteiger partial charge in [0.2, 0.25) is 0 Å². The van der Waals surface area contributed by atoms with Crippen LogP contribution in [0.3, 0.4) is 0 Å². The summed E-state index contributed by atoms with van der Waals surface area (Å²) in [6, 6.07) is 9.17. The summed E-state index contributed by atoms with van der Waals surface area (Å²) < 4.78 is 0. The van der Waals surface area contributed by atoms with Crippen molar-refractivity contribution in [3.8, 4) is 5.75 Å². The van der Waals surface area contributed by atoms with Gasteiger partial charge < -0.3 is 14.9 Å². The molecule has 3 rings (SSSR count). The van der Waals surface area contributed by atoms with E-state index in [1.165, 1.54) is 4.88 Å². The first kappa shape index (κ1) is 13.9. The molecule has 2 aromatic rings. The average molecular weight is 302 g/mol. The maximum absolute atomic E-state index is 12.4. The van der Waals surface area contributed by atoms with Gasteiger partial charge in [-0.15, -0.1) is 11.3 Å². The van der Waals surface area contributed by atoms with Crippen LogP contribution in [-0.2, 0) is 0 Å². The van der Waals surface area contributed by atoms with E-state index in [4.69, 9.17) is 0 Å². The minimum absolute atomic E-state index is 0.129. The van der Waals surface area contributed by atoms with Gasteiger partial charge >= 0.3 is 0 Å². The summed E-state index contributed by atoms with van der Waals surface area (Å²) in [7, 11) is 0. The molecule has 0 aliphatic carbocycles. The molecule has 5 heteroatoms. The number of rotatable bonds is 2. The van der Waals surface area contributed by atoms with Crippen LogP contribution in [0.15, 0.2) is 35.7 Å². The molecule has 1 aromatic heterocycles. The number of carbonyl (C=O) groups is 1. The Hall–Kier alpha value is -2.01. The summed E-state index contributed by atoms with van der Waals surface area (Å²) >= 11 is 1.61. The van der Waals surface area contributed by atoms with Gasteiger partial charge in [0.05, 0.1) is 5.56 Å². The number of anilines is 1. The van der Waals surface area contributed by atoms with Gasteiger partial charge in [0.25, 0.3) is 5.91 Å². The predicted octanol–water partition coefficient (Wildman–Crippen LogP) is 2.72. The van der Waals surface area contributed by atoms with Crippen LogP contribution in [-0.4, -0.2) is 42.1 Å². The van der Waals surface area contributed by atoms with Crippen molar-refractivity contribution in [1.29, 1.82) is 0 Å². The van der Waals surface area contributed by atoms with Crippen molar-refractivity contribution in [2.75, 3.05) is 31.1 Å². The molecule has 0 saturated carbocycles. The molecule has 0 spiro atoms. The normalized spacial score (nSPS) is 15.3. The molecule has 110 valence electrons. The van der Waals surface area contributed by atoms with Gasteiger partial charge in [-0.1, -0.05) is 0 Å². The zero-order valence-corrected chi connectivity index (χ0v) is 12.8. The van der Waals surface area contributed by atoms with Crippen LogP contribution in [0, 0.1) is 6.92 Å². The second kappa shape index (κ2) is 5.77. The number of piperazine rings is 1. The fourth-order valence-corrected chi connectivity index (χ4v) is 3.25. The highest BCUT2D eigenvalue weighted by atomic mass is 32.1. The third kappa shape index (κ3) is 3.03. The summed E-state index contributed by atoms with van der Waals surface area (Å²) in [4.78, 5) is 17.7. The number of amides is 1. The third-order valence-electron chi connectivity index (χ3n) is 3.76. The quantitative estimate of drug-likeness (QED) is 0.927. The summed E-state index contributed by atoms with van der Waals surface area (Å²) in [5.41, 5.74) is 1.89. The lowest BCUT2D eigenvalue weighted by Gasteiger charge is -2.36. The van der Waals surface area contributed by atoms with Crippen LogP contribution in [0.5, 0.6) is 5.75 Å². The highest BCUT2D eigenvalue weighted by Gasteiger charge is 2.22. The van der Waals surface area contributed by atoms with Crippen molar-refractivity contribution in [1.82, 2.24) is 4.90 Å². The SMILES string of the molecule is Cc1cc(C(=O)N2CCN(c3ccc(O)cc3)CC2)cs1. The van der Waals surface area contributed by atoms with Gasteiger partial charge in [0, 0.05) is 42.1 Å². The minimum Gasteiger partial charge on any atom is -0.508 e. The number of benzene rings is 1. The smallest absolute Gasteiger partial charge is 0.254 e. The molecule has 0 unspecified atom stereocenters. The monoisotopic (exact) mass is 302 g/mol. The molecule has 1 aliphatic heterocycles. The van der Waals surface area contributed by atoms with E-state index in [0.29, 0.717) is 0 Å². The van der Waals surface area contributed by atoms with Crippen molar-refractivity contribution < 1.29 is 9.90 Å². The van der Waals surface area contributed by atoms with E-state index in [-0.39, 0.29) is 11.7 Å². The number of phenols is 1. The van der Waals surface area contributed by atoms with E-state index in [9.17, 15) is 9.90 Å². The molecular formula is C16H18N2O2S. The highest BCUT2D eigenvalue weighted by Crippen LogP contribution is 2.21. The second-order valence-electron chi connectivity index (χ2n) is 5.24. The fourth-order valence-electron chi connectivity index (χ4n) is 2.57. The number of aryl methyl sites for hydroxylation is 1. The highest BCUT2D eigenvalue weighted by molar-refractivity contribution is 7.10. The third-order valence-corrected chi connectivity index (χ3v) is 4.62. The van der Waals surface area contributed by atoms with Crippen molar-refractivity contribution >= 4 is 22.9 Å². The van der Waals surface area contributed by atoms with Gasteiger partial charge in [-0.2, -0.15) is 0 Å². The molecule has 1 aromatic carbocycles. The largest absolute Gasteiger partial charge is 0.508 e. The zero-order valence-electron chi connectivity index (χ0n) is 12.0. The predicted molar refractivity (Wildman–Crippen MR) is 85.3 cm³/mol. The number of hydrogen-bond acceptors (Lipinski definition) is 4. The Kier molecular flexibility index (Phi) is 3.84. The summed E-state index contributed by atoms with van der Waals surface area (Å²) in [5.74, 6) is 0.407. The molecule has 1 aliphatic rings. The van der Waals surface area contributed by atoms with Gasteiger partial charge in [0.1, 0.15) is 5.75 Å². The lowest BCUT2D eigenvalue weighted by molar-refractivity contribution is 0.0747. The average Bonchev–Trinajstić information content (AvgIpc) is 2.94. The van der Waals surface area contributed by atoms with E-state index in [2.05, 4.69) is 4.90 Å². The topological polar surface area (TPSA) is 43.8 Å². The number of hydrogen-bond donors (Lipinski definition) is 1. The molecule has 0 bridgehead atoms. The molecule has 2 heterocycles. The molecule has 1 saturated heterocycles. The standard InChI is InChI=1S/C16H18N2O2S/c1-12-10-13(11-21-12)16(20)18-8-6-17(7-9-18)14-2-4-15(19)5-3-14/h2-5,10-11,19H,6-9H2,1H3. The van der Waals surface area contributed by atoms with Gasteiger partial charge in [-0.3, -0.25) is 4.79 Å². The van der Waals surface area contributed by atoms with E-state index in [1.54, 1.807) is 23.5 Å². The fraction of sp³-hybridized carbons (Fsp3) is 0.312. The molecule has 1 N–H and O–H groups in total. The van der Waals surface area contributed by atoms with E-state index in [0.717, 1.165) is 37.4 Å². The Bertz CT molecular complexity index is 628. The Balaban J connectivity index is 1.62. The minimum atomic E-state index is 0.129.